The van der Waals surface area contributed by atoms with E-state index in [-0.39, 0.29) is 17.9 Å². The maximum absolute atomic E-state index is 13.0. The molecule has 0 heterocycles. The second-order valence-corrected chi connectivity index (χ2v) is 5.08. The predicted octanol–water partition coefficient (Wildman–Crippen LogP) is 2.73. The number of alkyl halides is 3. The van der Waals surface area contributed by atoms with Gasteiger partial charge >= 0.3 is 6.18 Å². The van der Waals surface area contributed by atoms with Crippen molar-refractivity contribution in [2.24, 2.45) is 11.1 Å². The van der Waals surface area contributed by atoms with E-state index < -0.39 is 23.2 Å². The van der Waals surface area contributed by atoms with Gasteiger partial charge in [-0.1, -0.05) is 19.9 Å². The Hall–Kier alpha value is -1.27. The Bertz CT molecular complexity index is 444. The normalized spacial score (nSPS) is 14.3. The van der Waals surface area contributed by atoms with Gasteiger partial charge in [-0.15, -0.1) is 0 Å². The molecule has 3 nitrogen and oxygen atoms in total. The van der Waals surface area contributed by atoms with E-state index in [2.05, 4.69) is 0 Å². The first-order valence-corrected chi connectivity index (χ1v) is 5.75. The van der Waals surface area contributed by atoms with Crippen molar-refractivity contribution in [2.75, 3.05) is 13.7 Å². The number of rotatable bonds is 4. The number of benzene rings is 1. The van der Waals surface area contributed by atoms with Crippen LogP contribution in [0.25, 0.3) is 0 Å². The minimum Gasteiger partial charge on any atom is -0.497 e. The summed E-state index contributed by atoms with van der Waals surface area (Å²) in [5.41, 5.74) is 4.14. The molecule has 1 aromatic rings. The molecule has 3 N–H and O–H groups in total. The minimum atomic E-state index is -4.52. The summed E-state index contributed by atoms with van der Waals surface area (Å²) >= 11 is 0. The van der Waals surface area contributed by atoms with Crippen LogP contribution >= 0.6 is 0 Å². The third-order valence-electron chi connectivity index (χ3n) is 3.15. The lowest BCUT2D eigenvalue weighted by Crippen LogP contribution is -2.34. The summed E-state index contributed by atoms with van der Waals surface area (Å²) in [7, 11) is 1.30. The van der Waals surface area contributed by atoms with Crippen LogP contribution in [-0.2, 0) is 6.18 Å². The molecule has 1 aromatic carbocycles. The molecule has 108 valence electrons. The summed E-state index contributed by atoms with van der Waals surface area (Å²) in [5, 5.41) is 9.23. The highest BCUT2D eigenvalue weighted by atomic mass is 19.4. The van der Waals surface area contributed by atoms with Gasteiger partial charge in [-0.3, -0.25) is 0 Å². The molecule has 0 aliphatic rings. The van der Waals surface area contributed by atoms with Crippen molar-refractivity contribution in [2.45, 2.75) is 26.1 Å². The summed E-state index contributed by atoms with van der Waals surface area (Å²) in [5.74, 6) is 0.116. The van der Waals surface area contributed by atoms with E-state index in [9.17, 15) is 18.3 Å². The molecule has 0 saturated carbocycles. The maximum Gasteiger partial charge on any atom is 0.416 e. The first-order valence-electron chi connectivity index (χ1n) is 5.75. The fraction of sp³-hybridized carbons (Fsp3) is 0.538. The van der Waals surface area contributed by atoms with E-state index in [0.29, 0.717) is 0 Å². The molecule has 0 radical (unpaired) electrons. The van der Waals surface area contributed by atoms with Crippen LogP contribution in [0.2, 0.25) is 0 Å². The zero-order chi connectivity index (χ0) is 14.8. The number of methoxy groups -OCH3 is 1. The van der Waals surface area contributed by atoms with Crippen molar-refractivity contribution < 1.29 is 23.0 Å². The lowest BCUT2D eigenvalue weighted by Gasteiger charge is -2.31. The largest absolute Gasteiger partial charge is 0.497 e. The zero-order valence-electron chi connectivity index (χ0n) is 11.1. The SMILES string of the molecule is COc1ccc([C@@H](N)C(C)(C)CO)c(C(F)(F)F)c1. The lowest BCUT2D eigenvalue weighted by atomic mass is 9.80. The number of nitrogens with two attached hydrogens (primary N) is 1. The molecule has 0 saturated heterocycles. The Labute approximate surface area is 110 Å². The molecule has 0 aliphatic heterocycles. The molecular weight excluding hydrogens is 259 g/mol. The topological polar surface area (TPSA) is 55.5 Å². The highest BCUT2D eigenvalue weighted by Gasteiger charge is 2.38. The van der Waals surface area contributed by atoms with Crippen molar-refractivity contribution in [1.29, 1.82) is 0 Å². The van der Waals surface area contributed by atoms with E-state index >= 15 is 0 Å². The number of aliphatic hydroxyl groups excluding tert-OH is 1. The smallest absolute Gasteiger partial charge is 0.416 e. The second kappa shape index (κ2) is 5.38. The van der Waals surface area contributed by atoms with Gasteiger partial charge in [-0.25, -0.2) is 0 Å². The molecule has 0 aliphatic carbocycles. The van der Waals surface area contributed by atoms with Crippen LogP contribution in [0.15, 0.2) is 18.2 Å². The highest BCUT2D eigenvalue weighted by molar-refractivity contribution is 5.40. The number of ether oxygens (including phenoxy) is 1. The number of hydrogen-bond donors (Lipinski definition) is 2. The van der Waals surface area contributed by atoms with Gasteiger partial charge in [0, 0.05) is 18.1 Å². The van der Waals surface area contributed by atoms with E-state index in [1.807, 2.05) is 0 Å². The molecule has 0 amide bonds. The highest BCUT2D eigenvalue weighted by Crippen LogP contribution is 2.40. The van der Waals surface area contributed by atoms with Crippen molar-refractivity contribution >= 4 is 0 Å². The zero-order valence-corrected chi connectivity index (χ0v) is 11.1. The average Bonchev–Trinajstić information content (AvgIpc) is 2.36. The first kappa shape index (κ1) is 15.8. The van der Waals surface area contributed by atoms with Crippen molar-refractivity contribution in [3.63, 3.8) is 0 Å². The number of hydrogen-bond acceptors (Lipinski definition) is 3. The summed E-state index contributed by atoms with van der Waals surface area (Å²) in [4.78, 5) is 0. The summed E-state index contributed by atoms with van der Waals surface area (Å²) in [6, 6.07) is 2.71. The van der Waals surface area contributed by atoms with Gasteiger partial charge in [0.1, 0.15) is 5.75 Å². The van der Waals surface area contributed by atoms with Gasteiger partial charge in [0.25, 0.3) is 0 Å². The molecule has 0 bridgehead atoms. The van der Waals surface area contributed by atoms with Gasteiger partial charge in [0.2, 0.25) is 0 Å². The van der Waals surface area contributed by atoms with Crippen molar-refractivity contribution in [3.8, 4) is 5.75 Å². The van der Waals surface area contributed by atoms with Crippen LogP contribution in [0.5, 0.6) is 5.75 Å². The van der Waals surface area contributed by atoms with Gasteiger partial charge in [-0.2, -0.15) is 13.2 Å². The van der Waals surface area contributed by atoms with Crippen molar-refractivity contribution in [3.05, 3.63) is 29.3 Å². The summed E-state index contributed by atoms with van der Waals surface area (Å²) < 4.78 is 43.9. The van der Waals surface area contributed by atoms with Gasteiger partial charge in [-0.05, 0) is 17.7 Å². The predicted molar refractivity (Wildman–Crippen MR) is 65.8 cm³/mol. The number of aliphatic hydroxyl groups is 1. The number of halogens is 3. The average molecular weight is 277 g/mol. The Morgan fingerprint density at radius 1 is 1.32 bits per heavy atom. The van der Waals surface area contributed by atoms with Gasteiger partial charge < -0.3 is 15.6 Å². The Balaban J connectivity index is 3.35. The molecule has 0 aromatic heterocycles. The van der Waals surface area contributed by atoms with E-state index in [0.717, 1.165) is 6.07 Å². The molecule has 6 heteroatoms. The molecule has 0 unspecified atom stereocenters. The van der Waals surface area contributed by atoms with Crippen LogP contribution in [0.1, 0.15) is 31.0 Å². The Kier molecular flexibility index (Phi) is 4.47. The fourth-order valence-electron chi connectivity index (χ4n) is 1.70. The second-order valence-electron chi connectivity index (χ2n) is 5.08. The fourth-order valence-corrected chi connectivity index (χ4v) is 1.70. The summed E-state index contributed by atoms with van der Waals surface area (Å²) in [6.45, 7) is 2.92. The van der Waals surface area contributed by atoms with E-state index in [4.69, 9.17) is 10.5 Å². The molecule has 0 spiro atoms. The van der Waals surface area contributed by atoms with Crippen molar-refractivity contribution in [1.82, 2.24) is 0 Å². The Morgan fingerprint density at radius 3 is 2.32 bits per heavy atom. The van der Waals surface area contributed by atoms with Gasteiger partial charge in [0.15, 0.2) is 0 Å². The first-order chi connectivity index (χ1) is 8.63. The van der Waals surface area contributed by atoms with Gasteiger partial charge in [0.05, 0.1) is 12.7 Å². The van der Waals surface area contributed by atoms with Crippen LogP contribution in [0, 0.1) is 5.41 Å². The quantitative estimate of drug-likeness (QED) is 0.889. The van der Waals surface area contributed by atoms with Crippen LogP contribution in [0.4, 0.5) is 13.2 Å². The Morgan fingerprint density at radius 2 is 1.89 bits per heavy atom. The molecule has 1 atom stereocenters. The van der Waals surface area contributed by atoms with Crippen LogP contribution in [0.3, 0.4) is 0 Å². The van der Waals surface area contributed by atoms with Crippen LogP contribution < -0.4 is 10.5 Å². The van der Waals surface area contributed by atoms with Crippen LogP contribution in [-0.4, -0.2) is 18.8 Å². The molecule has 19 heavy (non-hydrogen) atoms. The third kappa shape index (κ3) is 3.39. The molecule has 0 fully saturated rings. The lowest BCUT2D eigenvalue weighted by molar-refractivity contribution is -0.138. The third-order valence-corrected chi connectivity index (χ3v) is 3.15. The maximum atomic E-state index is 13.0. The standard InChI is InChI=1S/C13H18F3NO2/c1-12(2,7-18)11(17)9-5-4-8(19-3)6-10(9)13(14,15)16/h4-6,11,18H,7,17H2,1-3H3/t11-/m1/s1. The molecular formula is C13H18F3NO2. The minimum absolute atomic E-state index is 0.0487. The van der Waals surface area contributed by atoms with E-state index in [1.165, 1.54) is 19.2 Å². The van der Waals surface area contributed by atoms with E-state index in [1.54, 1.807) is 13.8 Å². The molecule has 1 rings (SSSR count). The summed E-state index contributed by atoms with van der Waals surface area (Å²) in [6.07, 6.45) is -4.52. The monoisotopic (exact) mass is 277 g/mol.